The summed E-state index contributed by atoms with van der Waals surface area (Å²) in [6.45, 7) is 2.25. The van der Waals surface area contributed by atoms with E-state index in [4.69, 9.17) is 21.1 Å². The molecule has 0 aliphatic carbocycles. The number of amides is 1. The van der Waals surface area contributed by atoms with Gasteiger partial charge in [-0.3, -0.25) is 9.69 Å². The summed E-state index contributed by atoms with van der Waals surface area (Å²) < 4.78 is 77.2. The number of nitrogens with zero attached hydrogens (tertiary/aromatic N) is 3. The molecule has 40 heavy (non-hydrogen) atoms. The summed E-state index contributed by atoms with van der Waals surface area (Å²) in [5, 5.41) is -0.0916. The molecule has 2 aromatic carbocycles. The first-order valence-corrected chi connectivity index (χ1v) is 14.6. The van der Waals surface area contributed by atoms with Gasteiger partial charge in [-0.2, -0.15) is 17.5 Å². The molecule has 14 heteroatoms. The van der Waals surface area contributed by atoms with Gasteiger partial charge in [-0.15, -0.1) is 0 Å². The number of hydrogen-bond acceptors (Lipinski definition) is 7. The number of alkyl halides is 3. The van der Waals surface area contributed by atoms with Crippen LogP contribution in [0.5, 0.6) is 5.75 Å². The zero-order chi connectivity index (χ0) is 28.7. The predicted octanol–water partition coefficient (Wildman–Crippen LogP) is 3.93. The molecule has 2 aromatic rings. The number of piperidine rings is 1. The largest absolute Gasteiger partial charge is 0.445 e. The molecule has 0 spiro atoms. The number of esters is 1. The van der Waals surface area contributed by atoms with E-state index in [1.165, 1.54) is 27.4 Å². The minimum Gasteiger partial charge on any atom is -0.445 e. The zero-order valence-electron chi connectivity index (χ0n) is 21.3. The number of carbonyl (C=O) groups excluding carboxylic acids is 2. The zero-order valence-corrected chi connectivity index (χ0v) is 22.9. The monoisotopic (exact) mass is 601 g/mol. The molecule has 0 radical (unpaired) electrons. The first-order chi connectivity index (χ1) is 18.9. The van der Waals surface area contributed by atoms with Gasteiger partial charge < -0.3 is 14.4 Å². The Kier molecular flexibility index (Phi) is 8.01. The van der Waals surface area contributed by atoms with Gasteiger partial charge in [-0.25, -0.2) is 13.2 Å². The maximum atomic E-state index is 13.2. The van der Waals surface area contributed by atoms with Crippen LogP contribution in [0.4, 0.5) is 18.0 Å². The van der Waals surface area contributed by atoms with E-state index in [-0.39, 0.29) is 40.3 Å². The molecule has 216 valence electrons. The number of carbonyl (C=O) groups is 2. The lowest BCUT2D eigenvalue weighted by atomic mass is 10.0. The molecule has 0 aromatic heterocycles. The predicted molar refractivity (Wildman–Crippen MR) is 137 cm³/mol. The van der Waals surface area contributed by atoms with Crippen LogP contribution in [0.15, 0.2) is 41.3 Å². The van der Waals surface area contributed by atoms with Crippen LogP contribution in [0.3, 0.4) is 0 Å². The third-order valence-corrected chi connectivity index (χ3v) is 9.51. The van der Waals surface area contributed by atoms with Crippen molar-refractivity contribution in [2.45, 2.75) is 43.0 Å². The lowest BCUT2D eigenvalue weighted by Crippen LogP contribution is -2.54. The SMILES string of the molecule is O=C1Cc2ccc(S(=O)(=O)N3CCC(N4CCN(C(=O)OCc5cc(Cl)cc(C(F)(F)F)c5)CC4)CC3)cc2O1. The van der Waals surface area contributed by atoms with E-state index in [1.54, 1.807) is 6.07 Å². The Morgan fingerprint density at radius 2 is 1.73 bits per heavy atom. The molecule has 3 aliphatic heterocycles. The topological polar surface area (TPSA) is 96.5 Å². The molecule has 2 saturated heterocycles. The normalized spacial score (nSPS) is 19.4. The van der Waals surface area contributed by atoms with E-state index in [0.29, 0.717) is 57.7 Å². The van der Waals surface area contributed by atoms with Crippen LogP contribution in [-0.4, -0.2) is 79.9 Å². The van der Waals surface area contributed by atoms with Gasteiger partial charge in [0.05, 0.1) is 16.9 Å². The Labute approximate surface area is 234 Å². The minimum absolute atomic E-state index is 0.0916. The number of halogens is 4. The molecule has 0 N–H and O–H groups in total. The highest BCUT2D eigenvalue weighted by Gasteiger charge is 2.35. The highest BCUT2D eigenvalue weighted by atomic mass is 35.5. The second-order valence-electron chi connectivity index (χ2n) is 9.98. The Morgan fingerprint density at radius 3 is 2.40 bits per heavy atom. The number of rotatable bonds is 5. The summed E-state index contributed by atoms with van der Waals surface area (Å²) in [5.41, 5.74) is -0.0866. The lowest BCUT2D eigenvalue weighted by molar-refractivity contribution is -0.137. The third-order valence-electron chi connectivity index (χ3n) is 7.39. The maximum Gasteiger partial charge on any atom is 0.416 e. The van der Waals surface area contributed by atoms with Gasteiger partial charge in [-0.05, 0) is 42.7 Å². The fourth-order valence-corrected chi connectivity index (χ4v) is 6.99. The molecule has 0 saturated carbocycles. The number of hydrogen-bond donors (Lipinski definition) is 0. The molecule has 2 fully saturated rings. The quantitative estimate of drug-likeness (QED) is 0.379. The number of piperazine rings is 1. The van der Waals surface area contributed by atoms with E-state index in [2.05, 4.69) is 4.90 Å². The summed E-state index contributed by atoms with van der Waals surface area (Å²) >= 11 is 5.79. The standard InChI is InChI=1S/C26H27ClF3N3O6S/c27-20-12-17(11-19(14-20)26(28,29)30)16-38-25(35)32-9-7-31(8-10-32)21-3-5-33(6-4-21)40(36,37)22-2-1-18-13-24(34)39-23(18)15-22/h1-2,11-12,14-15,21H,3-10,13,16H2. The van der Waals surface area contributed by atoms with Gasteiger partial charge in [0.25, 0.3) is 0 Å². The third kappa shape index (κ3) is 6.22. The van der Waals surface area contributed by atoms with Crippen molar-refractivity contribution in [3.63, 3.8) is 0 Å². The maximum absolute atomic E-state index is 13.2. The highest BCUT2D eigenvalue weighted by molar-refractivity contribution is 7.89. The van der Waals surface area contributed by atoms with E-state index in [9.17, 15) is 31.2 Å². The number of ether oxygens (including phenoxy) is 2. The van der Waals surface area contributed by atoms with Crippen LogP contribution < -0.4 is 4.74 Å². The number of benzene rings is 2. The smallest absolute Gasteiger partial charge is 0.416 e. The minimum atomic E-state index is -4.56. The first-order valence-electron chi connectivity index (χ1n) is 12.8. The van der Waals surface area contributed by atoms with E-state index >= 15 is 0 Å². The Bertz CT molecular complexity index is 1400. The summed E-state index contributed by atoms with van der Waals surface area (Å²) in [5.74, 6) is -0.115. The Balaban J connectivity index is 1.09. The number of fused-ring (bicyclic) bond motifs is 1. The molecule has 9 nitrogen and oxygen atoms in total. The van der Waals surface area contributed by atoms with Crippen molar-refractivity contribution in [3.8, 4) is 5.75 Å². The Hall–Kier alpha value is -2.87. The lowest BCUT2D eigenvalue weighted by Gasteiger charge is -2.42. The summed E-state index contributed by atoms with van der Waals surface area (Å²) in [6.07, 6.45) is -3.79. The van der Waals surface area contributed by atoms with Gasteiger partial charge in [0.15, 0.2) is 0 Å². The second kappa shape index (κ2) is 11.2. The molecular weight excluding hydrogens is 575 g/mol. The summed E-state index contributed by atoms with van der Waals surface area (Å²) in [4.78, 5) is 27.8. The van der Waals surface area contributed by atoms with E-state index in [1.807, 2.05) is 0 Å². The molecule has 0 atom stereocenters. The molecule has 5 rings (SSSR count). The van der Waals surface area contributed by atoms with Crippen molar-refractivity contribution in [3.05, 3.63) is 58.1 Å². The molecule has 3 heterocycles. The van der Waals surface area contributed by atoms with Crippen LogP contribution in [0, 0.1) is 0 Å². The summed E-state index contributed by atoms with van der Waals surface area (Å²) in [6, 6.07) is 7.72. The highest BCUT2D eigenvalue weighted by Crippen LogP contribution is 2.33. The van der Waals surface area contributed by atoms with E-state index in [0.717, 1.165) is 12.1 Å². The fourth-order valence-electron chi connectivity index (χ4n) is 5.25. The molecule has 3 aliphatic rings. The molecular formula is C26H27ClF3N3O6S. The van der Waals surface area contributed by atoms with Crippen molar-refractivity contribution in [2.75, 3.05) is 39.3 Å². The van der Waals surface area contributed by atoms with Crippen LogP contribution in [-0.2, 0) is 38.8 Å². The average Bonchev–Trinajstić information content (AvgIpc) is 3.30. The van der Waals surface area contributed by atoms with Crippen LogP contribution in [0.2, 0.25) is 5.02 Å². The van der Waals surface area contributed by atoms with Gasteiger partial charge >= 0.3 is 18.2 Å². The van der Waals surface area contributed by atoms with Gasteiger partial charge in [0, 0.05) is 62.0 Å². The summed E-state index contributed by atoms with van der Waals surface area (Å²) in [7, 11) is -3.73. The van der Waals surface area contributed by atoms with Crippen LogP contribution in [0.25, 0.3) is 0 Å². The first kappa shape index (κ1) is 28.7. The van der Waals surface area contributed by atoms with Crippen LogP contribution >= 0.6 is 11.6 Å². The van der Waals surface area contributed by atoms with Crippen LogP contribution in [0.1, 0.15) is 29.5 Å². The molecule has 0 unspecified atom stereocenters. The Morgan fingerprint density at radius 1 is 1.02 bits per heavy atom. The number of sulfonamides is 1. The van der Waals surface area contributed by atoms with Crippen molar-refractivity contribution >= 4 is 33.7 Å². The van der Waals surface area contributed by atoms with E-state index < -0.39 is 33.8 Å². The fraction of sp³-hybridized carbons (Fsp3) is 0.462. The molecule has 0 bridgehead atoms. The van der Waals surface area contributed by atoms with Crippen molar-refractivity contribution in [1.29, 1.82) is 0 Å². The molecule has 1 amide bonds. The van der Waals surface area contributed by atoms with Crippen molar-refractivity contribution in [1.82, 2.24) is 14.1 Å². The van der Waals surface area contributed by atoms with Gasteiger partial charge in [-0.1, -0.05) is 17.7 Å². The van der Waals surface area contributed by atoms with Crippen molar-refractivity contribution in [2.24, 2.45) is 0 Å². The van der Waals surface area contributed by atoms with Gasteiger partial charge in [0.1, 0.15) is 12.4 Å². The second-order valence-corrected chi connectivity index (χ2v) is 12.4. The van der Waals surface area contributed by atoms with Gasteiger partial charge in [0.2, 0.25) is 10.0 Å². The average molecular weight is 602 g/mol. The van der Waals surface area contributed by atoms with Crippen molar-refractivity contribution < 1.29 is 40.7 Å².